The van der Waals surface area contributed by atoms with E-state index in [1.165, 1.54) is 6.33 Å². The SMILES string of the molecule is Cc1ccc(C(=O)Nc2cc(CN3CCCC3)cc(C(F)(F)F)c2)cc1Nc1ncnc2cnc(N3CCC3)nc12. The fourth-order valence-corrected chi connectivity index (χ4v) is 5.05. The molecule has 0 spiro atoms. The number of hydrogen-bond donors (Lipinski definition) is 2. The standard InChI is InChI=1S/C29H29F3N8O/c1-18-5-6-20(13-23(18)37-26-25-24(34-17-35-26)15-33-28(38-25)40-9-4-10-40)27(41)36-22-12-19(16-39-7-2-3-8-39)11-21(14-22)29(30,31)32/h5-6,11-15,17H,2-4,7-10,16H2,1H3,(H,36,41)(H,34,35,37). The van der Waals surface area contributed by atoms with Gasteiger partial charge < -0.3 is 15.5 Å². The molecular formula is C29H29F3N8O. The second kappa shape index (κ2) is 10.9. The normalized spacial score (nSPS) is 15.7. The van der Waals surface area contributed by atoms with E-state index in [4.69, 9.17) is 0 Å². The third kappa shape index (κ3) is 5.92. The maximum Gasteiger partial charge on any atom is 0.416 e. The summed E-state index contributed by atoms with van der Waals surface area (Å²) in [7, 11) is 0. The Kier molecular flexibility index (Phi) is 7.16. The van der Waals surface area contributed by atoms with E-state index in [1.54, 1.807) is 30.5 Å². The van der Waals surface area contributed by atoms with Gasteiger partial charge in [0.2, 0.25) is 5.95 Å². The third-order valence-corrected chi connectivity index (χ3v) is 7.44. The molecule has 2 aromatic carbocycles. The number of benzene rings is 2. The number of carbonyl (C=O) groups excluding carboxylic acids is 1. The molecule has 1 amide bonds. The number of aromatic nitrogens is 4. The van der Waals surface area contributed by atoms with Crippen LogP contribution >= 0.6 is 0 Å². The Hall–Kier alpha value is -4.32. The van der Waals surface area contributed by atoms with Crippen LogP contribution in [0.15, 0.2) is 48.9 Å². The van der Waals surface area contributed by atoms with Gasteiger partial charge in [0.15, 0.2) is 5.82 Å². The first kappa shape index (κ1) is 26.9. The van der Waals surface area contributed by atoms with E-state index in [0.29, 0.717) is 40.6 Å². The molecule has 41 heavy (non-hydrogen) atoms. The van der Waals surface area contributed by atoms with Crippen molar-refractivity contribution in [3.8, 4) is 0 Å². The predicted molar refractivity (Wildman–Crippen MR) is 150 cm³/mol. The fraction of sp³-hybridized carbons (Fsp3) is 0.345. The number of fused-ring (bicyclic) bond motifs is 1. The van der Waals surface area contributed by atoms with Gasteiger partial charge in [-0.3, -0.25) is 9.69 Å². The monoisotopic (exact) mass is 562 g/mol. The van der Waals surface area contributed by atoms with Crippen LogP contribution in [0.5, 0.6) is 0 Å². The molecule has 212 valence electrons. The second-order valence-electron chi connectivity index (χ2n) is 10.5. The van der Waals surface area contributed by atoms with Crippen LogP contribution in [0, 0.1) is 6.92 Å². The Morgan fingerprint density at radius 1 is 0.976 bits per heavy atom. The average molecular weight is 563 g/mol. The molecule has 2 aliphatic heterocycles. The van der Waals surface area contributed by atoms with Gasteiger partial charge in [0, 0.05) is 36.6 Å². The van der Waals surface area contributed by atoms with Crippen LogP contribution in [0.25, 0.3) is 11.0 Å². The summed E-state index contributed by atoms with van der Waals surface area (Å²) in [5, 5.41) is 5.93. The molecule has 4 heterocycles. The van der Waals surface area contributed by atoms with E-state index in [-0.39, 0.29) is 11.3 Å². The predicted octanol–water partition coefficient (Wildman–Crippen LogP) is 5.55. The molecule has 9 nitrogen and oxygen atoms in total. The molecule has 2 aliphatic rings. The number of nitrogens with zero attached hydrogens (tertiary/aromatic N) is 6. The van der Waals surface area contributed by atoms with Crippen molar-refractivity contribution in [2.24, 2.45) is 0 Å². The highest BCUT2D eigenvalue weighted by molar-refractivity contribution is 6.05. The molecule has 2 aromatic heterocycles. The zero-order valence-corrected chi connectivity index (χ0v) is 22.5. The lowest BCUT2D eigenvalue weighted by molar-refractivity contribution is -0.137. The summed E-state index contributed by atoms with van der Waals surface area (Å²) in [6, 6.07) is 8.80. The van der Waals surface area contributed by atoms with Crippen LogP contribution in [-0.2, 0) is 12.7 Å². The highest BCUT2D eigenvalue weighted by atomic mass is 19.4. The summed E-state index contributed by atoms with van der Waals surface area (Å²) in [4.78, 5) is 35.1. The molecule has 0 bridgehead atoms. The van der Waals surface area contributed by atoms with Crippen molar-refractivity contribution in [1.82, 2.24) is 24.8 Å². The largest absolute Gasteiger partial charge is 0.416 e. The molecule has 2 N–H and O–H groups in total. The van der Waals surface area contributed by atoms with Crippen LogP contribution in [0.4, 0.5) is 36.3 Å². The summed E-state index contributed by atoms with van der Waals surface area (Å²) in [5.74, 6) is 0.551. The van der Waals surface area contributed by atoms with E-state index in [2.05, 4.69) is 40.4 Å². The van der Waals surface area contributed by atoms with Crippen LogP contribution in [0.1, 0.15) is 46.3 Å². The summed E-state index contributed by atoms with van der Waals surface area (Å²) in [6.07, 6.45) is 1.70. The van der Waals surface area contributed by atoms with Gasteiger partial charge in [0.1, 0.15) is 17.4 Å². The number of anilines is 4. The molecule has 0 radical (unpaired) electrons. The van der Waals surface area contributed by atoms with Crippen LogP contribution in [0.2, 0.25) is 0 Å². The zero-order valence-electron chi connectivity index (χ0n) is 22.5. The summed E-state index contributed by atoms with van der Waals surface area (Å²) in [5.41, 5.74) is 2.69. The van der Waals surface area contributed by atoms with Gasteiger partial charge in [-0.1, -0.05) is 6.07 Å². The maximum atomic E-state index is 13.7. The molecule has 0 atom stereocenters. The van der Waals surface area contributed by atoms with Gasteiger partial charge in [-0.2, -0.15) is 13.2 Å². The van der Waals surface area contributed by atoms with Crippen molar-refractivity contribution in [2.75, 3.05) is 41.7 Å². The Bertz CT molecular complexity index is 1600. The quantitative estimate of drug-likeness (QED) is 0.303. The molecule has 4 aromatic rings. The lowest BCUT2D eigenvalue weighted by Gasteiger charge is -2.30. The van der Waals surface area contributed by atoms with Gasteiger partial charge in [-0.15, -0.1) is 0 Å². The molecule has 0 unspecified atom stereocenters. The first-order valence-electron chi connectivity index (χ1n) is 13.6. The van der Waals surface area contributed by atoms with Gasteiger partial charge in [0.05, 0.1) is 11.8 Å². The summed E-state index contributed by atoms with van der Waals surface area (Å²) in [6.45, 7) is 5.77. The van der Waals surface area contributed by atoms with E-state index >= 15 is 0 Å². The number of nitrogens with one attached hydrogen (secondary N) is 2. The van der Waals surface area contributed by atoms with Crippen molar-refractivity contribution in [2.45, 2.75) is 38.9 Å². The number of aryl methyl sites for hydroxylation is 1. The Balaban J connectivity index is 1.25. The second-order valence-corrected chi connectivity index (χ2v) is 10.5. The molecular weight excluding hydrogens is 533 g/mol. The lowest BCUT2D eigenvalue weighted by Crippen LogP contribution is -2.38. The smallest absolute Gasteiger partial charge is 0.341 e. The van der Waals surface area contributed by atoms with Gasteiger partial charge in [0.25, 0.3) is 5.91 Å². The van der Waals surface area contributed by atoms with Crippen molar-refractivity contribution < 1.29 is 18.0 Å². The minimum Gasteiger partial charge on any atom is -0.341 e. The molecule has 0 saturated carbocycles. The minimum atomic E-state index is -4.53. The molecule has 2 saturated heterocycles. The van der Waals surface area contributed by atoms with Crippen LogP contribution in [0.3, 0.4) is 0 Å². The van der Waals surface area contributed by atoms with E-state index < -0.39 is 17.6 Å². The van der Waals surface area contributed by atoms with E-state index in [9.17, 15) is 18.0 Å². The number of rotatable bonds is 7. The highest BCUT2D eigenvalue weighted by Crippen LogP contribution is 2.33. The molecule has 2 fully saturated rings. The van der Waals surface area contributed by atoms with Crippen molar-refractivity contribution in [1.29, 1.82) is 0 Å². The van der Waals surface area contributed by atoms with Crippen molar-refractivity contribution in [3.05, 3.63) is 71.2 Å². The summed E-state index contributed by atoms with van der Waals surface area (Å²) >= 11 is 0. The van der Waals surface area contributed by atoms with Crippen molar-refractivity contribution >= 4 is 40.1 Å². The van der Waals surface area contributed by atoms with Crippen LogP contribution in [-0.4, -0.2) is 56.9 Å². The Morgan fingerprint density at radius 2 is 1.78 bits per heavy atom. The van der Waals surface area contributed by atoms with E-state index in [0.717, 1.165) is 63.1 Å². The molecule has 0 aliphatic carbocycles. The summed E-state index contributed by atoms with van der Waals surface area (Å²) < 4.78 is 41.0. The third-order valence-electron chi connectivity index (χ3n) is 7.44. The molecule has 6 rings (SSSR count). The topological polar surface area (TPSA) is 99.2 Å². The van der Waals surface area contributed by atoms with Crippen molar-refractivity contribution in [3.63, 3.8) is 0 Å². The lowest BCUT2D eigenvalue weighted by atomic mass is 10.1. The number of likely N-dealkylation sites (tertiary alicyclic amines) is 1. The first-order chi connectivity index (χ1) is 19.7. The zero-order chi connectivity index (χ0) is 28.6. The maximum absolute atomic E-state index is 13.7. The minimum absolute atomic E-state index is 0.103. The number of carbonyl (C=O) groups is 1. The van der Waals surface area contributed by atoms with Gasteiger partial charge >= 0.3 is 6.18 Å². The average Bonchev–Trinajstić information content (AvgIpc) is 3.41. The Morgan fingerprint density at radius 3 is 2.51 bits per heavy atom. The van der Waals surface area contributed by atoms with Gasteiger partial charge in [-0.05, 0) is 80.7 Å². The van der Waals surface area contributed by atoms with Gasteiger partial charge in [-0.25, -0.2) is 19.9 Å². The number of halogens is 3. The number of alkyl halides is 3. The highest BCUT2D eigenvalue weighted by Gasteiger charge is 2.31. The van der Waals surface area contributed by atoms with Crippen LogP contribution < -0.4 is 15.5 Å². The first-order valence-corrected chi connectivity index (χ1v) is 13.6. The number of hydrogen-bond acceptors (Lipinski definition) is 8. The number of amides is 1. The Labute approximate surface area is 234 Å². The van der Waals surface area contributed by atoms with E-state index in [1.807, 2.05) is 6.92 Å². The fourth-order valence-electron chi connectivity index (χ4n) is 5.05. The molecule has 12 heteroatoms.